The van der Waals surface area contributed by atoms with Crippen LogP contribution in [0.25, 0.3) is 0 Å². The molecule has 23 heavy (non-hydrogen) atoms. The van der Waals surface area contributed by atoms with Crippen molar-refractivity contribution in [3.63, 3.8) is 0 Å². The summed E-state index contributed by atoms with van der Waals surface area (Å²) in [4.78, 5) is 12.3. The standard InChI is InChI=1S/C16H20O7/c1-7(17)4-8-5-11-14(22-8)9-6-10(20-2)15(21-3)13(18)12(9)16(19)23-11/h6-8,11,14,17-18H,4-5H2,1-3H3. The van der Waals surface area contributed by atoms with E-state index in [9.17, 15) is 15.0 Å². The van der Waals surface area contributed by atoms with E-state index in [4.69, 9.17) is 18.9 Å². The predicted octanol–water partition coefficient (Wildman–Crippen LogP) is 1.55. The fraction of sp³-hybridized carbons (Fsp3) is 0.562. The summed E-state index contributed by atoms with van der Waals surface area (Å²) in [5, 5.41) is 19.9. The lowest BCUT2D eigenvalue weighted by atomic mass is 9.93. The number of aliphatic hydroxyl groups excluding tert-OH is 1. The quantitative estimate of drug-likeness (QED) is 0.811. The zero-order chi connectivity index (χ0) is 16.7. The Labute approximate surface area is 133 Å². The number of hydrogen-bond acceptors (Lipinski definition) is 7. The molecule has 4 unspecified atom stereocenters. The fourth-order valence-electron chi connectivity index (χ4n) is 3.28. The lowest BCUT2D eigenvalue weighted by Crippen LogP contribution is -2.29. The van der Waals surface area contributed by atoms with Gasteiger partial charge < -0.3 is 29.2 Å². The Bertz CT molecular complexity index is 625. The lowest BCUT2D eigenvalue weighted by molar-refractivity contribution is -0.0294. The fourth-order valence-corrected chi connectivity index (χ4v) is 3.28. The first kappa shape index (κ1) is 15.9. The summed E-state index contributed by atoms with van der Waals surface area (Å²) in [5.41, 5.74) is 0.566. The molecule has 3 rings (SSSR count). The number of benzene rings is 1. The van der Waals surface area contributed by atoms with Crippen molar-refractivity contribution in [3.8, 4) is 17.2 Å². The van der Waals surface area contributed by atoms with Crippen molar-refractivity contribution in [1.82, 2.24) is 0 Å². The maximum atomic E-state index is 12.3. The first-order valence-electron chi connectivity index (χ1n) is 7.48. The molecule has 1 aromatic carbocycles. The normalized spacial score (nSPS) is 27.0. The number of ether oxygens (including phenoxy) is 4. The van der Waals surface area contributed by atoms with E-state index in [1.54, 1.807) is 13.0 Å². The van der Waals surface area contributed by atoms with Crippen molar-refractivity contribution in [1.29, 1.82) is 0 Å². The molecular weight excluding hydrogens is 304 g/mol. The molecule has 0 aromatic heterocycles. The van der Waals surface area contributed by atoms with Crippen LogP contribution < -0.4 is 9.47 Å². The van der Waals surface area contributed by atoms with E-state index >= 15 is 0 Å². The van der Waals surface area contributed by atoms with Gasteiger partial charge in [0, 0.05) is 12.0 Å². The molecule has 4 atom stereocenters. The Morgan fingerprint density at radius 3 is 2.74 bits per heavy atom. The first-order chi connectivity index (χ1) is 11.0. The number of carbonyl (C=O) groups excluding carboxylic acids is 1. The van der Waals surface area contributed by atoms with E-state index in [1.807, 2.05) is 0 Å². The number of phenolic OH excluding ortho intramolecular Hbond substituents is 1. The van der Waals surface area contributed by atoms with Gasteiger partial charge in [0.1, 0.15) is 17.8 Å². The van der Waals surface area contributed by atoms with E-state index in [0.29, 0.717) is 24.2 Å². The summed E-state index contributed by atoms with van der Waals surface area (Å²) in [5.74, 6) is -0.520. The van der Waals surface area contributed by atoms with Gasteiger partial charge in [-0.25, -0.2) is 4.79 Å². The van der Waals surface area contributed by atoms with Crippen LogP contribution >= 0.6 is 0 Å². The molecule has 7 nitrogen and oxygen atoms in total. The van der Waals surface area contributed by atoms with E-state index in [-0.39, 0.29) is 23.2 Å². The summed E-state index contributed by atoms with van der Waals surface area (Å²) in [7, 11) is 2.83. The number of esters is 1. The highest BCUT2D eigenvalue weighted by atomic mass is 16.6. The topological polar surface area (TPSA) is 94.5 Å². The number of fused-ring (bicyclic) bond motifs is 3. The molecule has 0 aliphatic carbocycles. The SMILES string of the molecule is COc1cc2c(c(O)c1OC)C(=O)OC1CC(CC(C)O)OC21. The van der Waals surface area contributed by atoms with Crippen molar-refractivity contribution in [2.24, 2.45) is 0 Å². The zero-order valence-corrected chi connectivity index (χ0v) is 13.2. The summed E-state index contributed by atoms with van der Waals surface area (Å²) in [6.45, 7) is 1.69. The molecule has 2 N–H and O–H groups in total. The largest absolute Gasteiger partial charge is 0.504 e. The van der Waals surface area contributed by atoms with Crippen LogP contribution in [0.2, 0.25) is 0 Å². The highest BCUT2D eigenvalue weighted by molar-refractivity contribution is 5.97. The van der Waals surface area contributed by atoms with Gasteiger partial charge in [-0.15, -0.1) is 0 Å². The molecule has 0 amide bonds. The molecule has 2 heterocycles. The third-order valence-electron chi connectivity index (χ3n) is 4.22. The van der Waals surface area contributed by atoms with Gasteiger partial charge in [0.05, 0.1) is 26.4 Å². The van der Waals surface area contributed by atoms with Crippen molar-refractivity contribution in [3.05, 3.63) is 17.2 Å². The Balaban J connectivity index is 2.03. The summed E-state index contributed by atoms with van der Waals surface area (Å²) in [6, 6.07) is 1.64. The minimum absolute atomic E-state index is 0.0431. The minimum Gasteiger partial charge on any atom is -0.504 e. The summed E-state index contributed by atoms with van der Waals surface area (Å²) in [6.07, 6.45) is -0.670. The second-order valence-electron chi connectivity index (χ2n) is 5.87. The van der Waals surface area contributed by atoms with Gasteiger partial charge in [-0.2, -0.15) is 0 Å². The third-order valence-corrected chi connectivity index (χ3v) is 4.22. The van der Waals surface area contributed by atoms with Crippen LogP contribution in [-0.2, 0) is 9.47 Å². The Hall–Kier alpha value is -1.99. The highest BCUT2D eigenvalue weighted by Crippen LogP contribution is 2.49. The number of carbonyl (C=O) groups is 1. The summed E-state index contributed by atoms with van der Waals surface area (Å²) < 4.78 is 21.7. The van der Waals surface area contributed by atoms with Crippen LogP contribution in [0.1, 0.15) is 41.8 Å². The van der Waals surface area contributed by atoms with Crippen LogP contribution in [0.5, 0.6) is 17.2 Å². The first-order valence-corrected chi connectivity index (χ1v) is 7.48. The maximum absolute atomic E-state index is 12.3. The van der Waals surface area contributed by atoms with Gasteiger partial charge >= 0.3 is 5.97 Å². The van der Waals surface area contributed by atoms with Crippen LogP contribution in [0.15, 0.2) is 6.07 Å². The number of aromatic hydroxyl groups is 1. The maximum Gasteiger partial charge on any atom is 0.342 e. The second kappa shape index (κ2) is 5.90. The minimum atomic E-state index is -0.610. The van der Waals surface area contributed by atoms with E-state index in [2.05, 4.69) is 0 Å². The van der Waals surface area contributed by atoms with E-state index in [0.717, 1.165) is 0 Å². The Morgan fingerprint density at radius 1 is 1.39 bits per heavy atom. The predicted molar refractivity (Wildman–Crippen MR) is 78.9 cm³/mol. The lowest BCUT2D eigenvalue weighted by Gasteiger charge is -2.28. The van der Waals surface area contributed by atoms with Crippen molar-refractivity contribution < 1.29 is 34.0 Å². The van der Waals surface area contributed by atoms with Crippen molar-refractivity contribution >= 4 is 5.97 Å². The molecule has 1 aromatic rings. The number of rotatable bonds is 4. The van der Waals surface area contributed by atoms with Crippen molar-refractivity contribution in [2.45, 2.75) is 44.2 Å². The van der Waals surface area contributed by atoms with Crippen LogP contribution in [0.4, 0.5) is 0 Å². The van der Waals surface area contributed by atoms with Gasteiger partial charge in [0.15, 0.2) is 11.5 Å². The van der Waals surface area contributed by atoms with Gasteiger partial charge in [-0.1, -0.05) is 0 Å². The monoisotopic (exact) mass is 324 g/mol. The number of hydrogen-bond donors (Lipinski definition) is 2. The molecule has 2 aliphatic rings. The van der Waals surface area contributed by atoms with Gasteiger partial charge in [-0.3, -0.25) is 0 Å². The molecule has 0 radical (unpaired) electrons. The van der Waals surface area contributed by atoms with Crippen LogP contribution in [-0.4, -0.2) is 48.7 Å². The third kappa shape index (κ3) is 2.60. The summed E-state index contributed by atoms with van der Waals surface area (Å²) >= 11 is 0. The number of phenols is 1. The molecule has 1 saturated heterocycles. The number of methoxy groups -OCH3 is 2. The van der Waals surface area contributed by atoms with Gasteiger partial charge in [0.2, 0.25) is 5.75 Å². The van der Waals surface area contributed by atoms with Crippen LogP contribution in [0.3, 0.4) is 0 Å². The molecule has 0 saturated carbocycles. The number of aliphatic hydroxyl groups is 1. The smallest absolute Gasteiger partial charge is 0.342 e. The molecule has 2 aliphatic heterocycles. The van der Waals surface area contributed by atoms with Gasteiger partial charge in [0.25, 0.3) is 0 Å². The van der Waals surface area contributed by atoms with E-state index in [1.165, 1.54) is 14.2 Å². The van der Waals surface area contributed by atoms with E-state index < -0.39 is 24.3 Å². The second-order valence-corrected chi connectivity index (χ2v) is 5.87. The Morgan fingerprint density at radius 2 is 2.13 bits per heavy atom. The average molecular weight is 324 g/mol. The molecule has 0 bridgehead atoms. The van der Waals surface area contributed by atoms with Crippen LogP contribution in [0, 0.1) is 0 Å². The molecule has 1 fully saturated rings. The molecule has 0 spiro atoms. The van der Waals surface area contributed by atoms with Crippen molar-refractivity contribution in [2.75, 3.05) is 14.2 Å². The molecule has 126 valence electrons. The average Bonchev–Trinajstić information content (AvgIpc) is 2.87. The Kier molecular flexibility index (Phi) is 4.08. The molecular formula is C16H20O7. The van der Waals surface area contributed by atoms with Gasteiger partial charge in [-0.05, 0) is 19.4 Å². The highest BCUT2D eigenvalue weighted by Gasteiger charge is 2.46. The molecule has 7 heteroatoms. The zero-order valence-electron chi connectivity index (χ0n) is 13.2.